The predicted octanol–water partition coefficient (Wildman–Crippen LogP) is 6.18. The highest BCUT2D eigenvalue weighted by Crippen LogP contribution is 2.38. The van der Waals surface area contributed by atoms with E-state index in [0.29, 0.717) is 63.4 Å². The van der Waals surface area contributed by atoms with Gasteiger partial charge in [-0.3, -0.25) is 19.2 Å². The summed E-state index contributed by atoms with van der Waals surface area (Å²) in [6, 6.07) is -1.14. The molecule has 3 heterocycles. The number of aliphatic hydroxyl groups excluding tert-OH is 2. The first kappa shape index (κ1) is 54.2. The maximum Gasteiger partial charge on any atom is 0.329 e. The third-order valence-corrected chi connectivity index (χ3v) is 14.5. The molecule has 2 bridgehead atoms. The van der Waals surface area contributed by atoms with E-state index in [1.807, 2.05) is 58.1 Å². The van der Waals surface area contributed by atoms with Crippen molar-refractivity contribution in [3.63, 3.8) is 0 Å². The van der Waals surface area contributed by atoms with E-state index in [1.54, 1.807) is 41.1 Å². The summed E-state index contributed by atoms with van der Waals surface area (Å²) in [4.78, 5) is 71.8. The lowest BCUT2D eigenvalue weighted by atomic mass is 9.78. The summed E-state index contributed by atoms with van der Waals surface area (Å²) < 4.78 is 29.4. The van der Waals surface area contributed by atoms with Gasteiger partial charge in [0.05, 0.1) is 24.4 Å². The molecule has 0 radical (unpaired) electrons. The van der Waals surface area contributed by atoms with Gasteiger partial charge in [0, 0.05) is 58.5 Å². The molecule has 0 spiro atoms. The number of piperidine rings is 1. The molecule has 0 aromatic carbocycles. The van der Waals surface area contributed by atoms with Crippen molar-refractivity contribution in [2.24, 2.45) is 35.5 Å². The van der Waals surface area contributed by atoms with E-state index in [2.05, 4.69) is 0 Å². The Morgan fingerprint density at radius 2 is 1.57 bits per heavy atom. The lowest BCUT2D eigenvalue weighted by Crippen LogP contribution is -2.61. The van der Waals surface area contributed by atoms with Crippen LogP contribution in [0.25, 0.3) is 0 Å². The minimum absolute atomic E-state index is 0.0193. The topological polar surface area (TPSA) is 195 Å². The molecule has 15 atom stereocenters. The highest BCUT2D eigenvalue weighted by atomic mass is 16.6. The molecule has 14 heteroatoms. The van der Waals surface area contributed by atoms with Crippen LogP contribution < -0.4 is 0 Å². The fourth-order valence-corrected chi connectivity index (χ4v) is 10.1. The SMILES string of the molecule is CO[C@H]1C[C@@H]2CC[C@@H](C)[C@@](O)(O2)C(=O)C(=O)N2CCCC[C@H]2C(=O)O[C@H](C(C)C[C@H]2CC[C@@H](O)[C@H](OC)C2)CC(=O)[C@H](C)/C=C(\C)[C@@H](O)[C@@H](OC)C(=O)[C@H](C)C[C@H](C)/C=C/C=C/C=C/1C. The average molecular weight is 914 g/mol. The molecule has 0 aromatic heterocycles. The number of aliphatic hydroxyl groups is 3. The van der Waals surface area contributed by atoms with E-state index in [4.69, 9.17) is 23.7 Å². The van der Waals surface area contributed by atoms with Gasteiger partial charge in [0.1, 0.15) is 30.1 Å². The zero-order valence-electron chi connectivity index (χ0n) is 40.6. The van der Waals surface area contributed by atoms with Crippen molar-refractivity contribution >= 4 is 29.2 Å². The standard InChI is InChI=1S/C51H79NO13/c1-30-16-12-11-13-17-31(2)42(61-8)28-38-21-19-36(7)51(60,65-38)48(57)49(58)52-23-15-14-18-39(52)50(59)64-43(33(4)26-37-20-22-40(53)44(27-37)62-9)29-41(54)32(3)25-35(6)46(56)47(63-10)45(55)34(5)24-30/h11-13,16-17,25,30,32-34,36-40,42-44,46-47,53,56,60H,14-15,18-24,26-29H2,1-10H3/b13-11+,16-12+,31-17+,35-25+/t30-,32-,33?,34-,36-,37-,38+,39+,40-,42+,43+,44-,46-,47+,51-/m1/s1. The molecule has 366 valence electrons. The molecule has 3 N–H and O–H groups in total. The van der Waals surface area contributed by atoms with Crippen molar-refractivity contribution in [2.75, 3.05) is 27.9 Å². The highest BCUT2D eigenvalue weighted by Gasteiger charge is 2.53. The number of ether oxygens (including phenoxy) is 5. The Morgan fingerprint density at radius 1 is 0.846 bits per heavy atom. The molecule has 2 saturated heterocycles. The number of carbonyl (C=O) groups is 5. The van der Waals surface area contributed by atoms with E-state index < -0.39 is 83.9 Å². The first-order valence-corrected chi connectivity index (χ1v) is 23.9. The Hall–Kier alpha value is -3.37. The van der Waals surface area contributed by atoms with E-state index in [1.165, 1.54) is 12.0 Å². The van der Waals surface area contributed by atoms with Crippen LogP contribution in [-0.2, 0) is 47.7 Å². The van der Waals surface area contributed by atoms with E-state index in [0.717, 1.165) is 12.0 Å². The van der Waals surface area contributed by atoms with Crippen LogP contribution in [0, 0.1) is 35.5 Å². The monoisotopic (exact) mass is 914 g/mol. The summed E-state index contributed by atoms with van der Waals surface area (Å²) in [6.45, 7) is 12.7. The number of carbonyl (C=O) groups excluding carboxylic acids is 5. The number of esters is 1. The number of allylic oxidation sites excluding steroid dienone is 6. The van der Waals surface area contributed by atoms with Crippen molar-refractivity contribution < 1.29 is 63.0 Å². The number of methoxy groups -OCH3 is 3. The Morgan fingerprint density at radius 3 is 2.25 bits per heavy atom. The molecule has 0 aromatic rings. The third-order valence-electron chi connectivity index (χ3n) is 14.5. The fraction of sp³-hybridized carbons (Fsp3) is 0.745. The van der Waals surface area contributed by atoms with E-state index >= 15 is 0 Å². The lowest BCUT2D eigenvalue weighted by molar-refractivity contribution is -0.265. The summed E-state index contributed by atoms with van der Waals surface area (Å²) in [6.07, 6.45) is 11.2. The Labute approximate surface area is 387 Å². The Kier molecular flexibility index (Phi) is 21.0. The van der Waals surface area contributed by atoms with Crippen LogP contribution >= 0.6 is 0 Å². The van der Waals surface area contributed by atoms with Gasteiger partial charge in [0.2, 0.25) is 5.79 Å². The molecular formula is C51H79NO13. The molecule has 1 amide bonds. The summed E-state index contributed by atoms with van der Waals surface area (Å²) in [7, 11) is 4.52. The third kappa shape index (κ3) is 14.3. The molecule has 3 fully saturated rings. The maximum atomic E-state index is 14.4. The molecule has 65 heavy (non-hydrogen) atoms. The molecule has 14 nitrogen and oxygen atoms in total. The second-order valence-electron chi connectivity index (χ2n) is 19.6. The molecule has 1 saturated carbocycles. The first-order chi connectivity index (χ1) is 30.7. The van der Waals surface area contributed by atoms with Gasteiger partial charge in [-0.05, 0) is 107 Å². The van der Waals surface area contributed by atoms with Crippen LogP contribution in [0.3, 0.4) is 0 Å². The maximum absolute atomic E-state index is 14.4. The number of Topliss-reactive ketones (excluding diaryl/α,β-unsaturated/α-hetero) is 3. The number of nitrogens with zero attached hydrogens (tertiary/aromatic N) is 1. The van der Waals surface area contributed by atoms with Gasteiger partial charge >= 0.3 is 5.97 Å². The smallest absolute Gasteiger partial charge is 0.329 e. The normalized spacial score (nSPS) is 40.4. The van der Waals surface area contributed by atoms with Crippen molar-refractivity contribution in [3.8, 4) is 0 Å². The molecule has 1 aliphatic carbocycles. The minimum atomic E-state index is -2.43. The molecule has 1 unspecified atom stereocenters. The van der Waals surface area contributed by atoms with Gasteiger partial charge in [0.25, 0.3) is 11.7 Å². The van der Waals surface area contributed by atoms with Crippen LogP contribution in [0.5, 0.6) is 0 Å². The second-order valence-corrected chi connectivity index (χ2v) is 19.6. The van der Waals surface area contributed by atoms with Crippen molar-refractivity contribution in [1.29, 1.82) is 0 Å². The van der Waals surface area contributed by atoms with Gasteiger partial charge in [-0.15, -0.1) is 0 Å². The average Bonchev–Trinajstić information content (AvgIpc) is 3.28. The molecule has 4 rings (SSSR count). The van der Waals surface area contributed by atoms with Gasteiger partial charge in [-0.25, -0.2) is 4.79 Å². The van der Waals surface area contributed by atoms with Crippen molar-refractivity contribution in [2.45, 2.75) is 180 Å². The number of ketones is 3. The first-order valence-electron chi connectivity index (χ1n) is 23.9. The van der Waals surface area contributed by atoms with Crippen LogP contribution in [0.15, 0.2) is 47.6 Å². The zero-order valence-corrected chi connectivity index (χ0v) is 40.6. The number of hydrogen-bond donors (Lipinski definition) is 3. The largest absolute Gasteiger partial charge is 0.460 e. The van der Waals surface area contributed by atoms with Crippen molar-refractivity contribution in [1.82, 2.24) is 4.90 Å². The van der Waals surface area contributed by atoms with E-state index in [-0.39, 0.29) is 54.8 Å². The van der Waals surface area contributed by atoms with Gasteiger partial charge in [0.15, 0.2) is 5.78 Å². The van der Waals surface area contributed by atoms with E-state index in [9.17, 15) is 39.3 Å². The lowest BCUT2D eigenvalue weighted by Gasteiger charge is -2.42. The molecular weight excluding hydrogens is 835 g/mol. The van der Waals surface area contributed by atoms with Crippen LogP contribution in [0.4, 0.5) is 0 Å². The number of fused-ring (bicyclic) bond motifs is 3. The quantitative estimate of drug-likeness (QED) is 0.156. The second kappa shape index (κ2) is 25.1. The van der Waals surface area contributed by atoms with Crippen LogP contribution in [-0.4, -0.2) is 132 Å². The van der Waals surface area contributed by atoms with Gasteiger partial charge < -0.3 is 43.9 Å². The summed E-state index contributed by atoms with van der Waals surface area (Å²) in [5, 5.41) is 33.8. The number of rotatable bonds is 6. The predicted molar refractivity (Wildman–Crippen MR) is 245 cm³/mol. The van der Waals surface area contributed by atoms with Crippen LogP contribution in [0.1, 0.15) is 126 Å². The van der Waals surface area contributed by atoms with Crippen molar-refractivity contribution in [3.05, 3.63) is 47.6 Å². The number of hydrogen-bond acceptors (Lipinski definition) is 13. The Bertz CT molecular complexity index is 1760. The number of amides is 1. The molecule has 3 aliphatic heterocycles. The molecule has 4 aliphatic rings. The minimum Gasteiger partial charge on any atom is -0.460 e. The fourth-order valence-electron chi connectivity index (χ4n) is 10.1. The van der Waals surface area contributed by atoms with Gasteiger partial charge in [-0.1, -0.05) is 71.1 Å². The zero-order chi connectivity index (χ0) is 48.2. The highest BCUT2D eigenvalue weighted by molar-refractivity contribution is 6.39. The summed E-state index contributed by atoms with van der Waals surface area (Å²) >= 11 is 0. The Balaban J connectivity index is 1.70. The summed E-state index contributed by atoms with van der Waals surface area (Å²) in [5.41, 5.74) is 1.27. The van der Waals surface area contributed by atoms with Gasteiger partial charge in [-0.2, -0.15) is 0 Å². The number of cyclic esters (lactones) is 1. The van der Waals surface area contributed by atoms with Crippen LogP contribution in [0.2, 0.25) is 0 Å². The summed E-state index contributed by atoms with van der Waals surface area (Å²) in [5.74, 6) is -7.96.